The summed E-state index contributed by atoms with van der Waals surface area (Å²) in [6, 6.07) is 15.3. The Morgan fingerprint density at radius 2 is 1.68 bits per heavy atom. The first-order valence-electron chi connectivity index (χ1n) is 7.93. The molecule has 0 aliphatic carbocycles. The van der Waals surface area contributed by atoms with Crippen molar-refractivity contribution in [1.29, 1.82) is 0 Å². The summed E-state index contributed by atoms with van der Waals surface area (Å²) in [5.74, 6) is -0.157. The molecule has 1 heterocycles. The van der Waals surface area contributed by atoms with Crippen molar-refractivity contribution in [3.05, 3.63) is 65.7 Å². The molecule has 0 bridgehead atoms. The lowest BCUT2D eigenvalue weighted by molar-refractivity contribution is 0.0735. The van der Waals surface area contributed by atoms with Crippen molar-refractivity contribution in [1.82, 2.24) is 10.2 Å². The first-order valence-corrected chi connectivity index (χ1v) is 9.58. The quantitative estimate of drug-likeness (QED) is 0.882. The van der Waals surface area contributed by atoms with Crippen LogP contribution in [-0.2, 0) is 15.6 Å². The van der Waals surface area contributed by atoms with Gasteiger partial charge in [-0.25, -0.2) is 8.42 Å². The molecule has 25 heavy (non-hydrogen) atoms. The Kier molecular flexibility index (Phi) is 6.58. The van der Waals surface area contributed by atoms with Crippen LogP contribution in [0, 0.1) is 0 Å². The van der Waals surface area contributed by atoms with Gasteiger partial charge in [-0.2, -0.15) is 0 Å². The maximum Gasteiger partial charge on any atom is 0.253 e. The van der Waals surface area contributed by atoms with Crippen LogP contribution in [0.1, 0.15) is 15.9 Å². The smallest absolute Gasteiger partial charge is 0.253 e. The van der Waals surface area contributed by atoms with E-state index in [1.807, 2.05) is 0 Å². The van der Waals surface area contributed by atoms with Gasteiger partial charge in [0.05, 0.1) is 10.6 Å². The van der Waals surface area contributed by atoms with Crippen LogP contribution in [0.15, 0.2) is 59.5 Å². The lowest BCUT2D eigenvalue weighted by atomic mass is 10.1. The van der Waals surface area contributed by atoms with Gasteiger partial charge < -0.3 is 10.2 Å². The van der Waals surface area contributed by atoms with Crippen LogP contribution in [0.4, 0.5) is 0 Å². The topological polar surface area (TPSA) is 66.5 Å². The third kappa shape index (κ3) is 4.81. The molecule has 3 rings (SSSR count). The molecule has 1 N–H and O–H groups in total. The maximum atomic E-state index is 12.5. The van der Waals surface area contributed by atoms with Gasteiger partial charge >= 0.3 is 0 Å². The Morgan fingerprint density at radius 3 is 2.36 bits per heavy atom. The lowest BCUT2D eigenvalue weighted by Crippen LogP contribution is -2.46. The van der Waals surface area contributed by atoms with E-state index in [0.29, 0.717) is 29.1 Å². The van der Waals surface area contributed by atoms with E-state index in [1.54, 1.807) is 59.5 Å². The molecule has 0 aromatic heterocycles. The monoisotopic (exact) mass is 380 g/mol. The molecule has 5 nitrogen and oxygen atoms in total. The van der Waals surface area contributed by atoms with Crippen molar-refractivity contribution in [3.8, 4) is 0 Å². The molecular weight excluding hydrogens is 360 g/mol. The van der Waals surface area contributed by atoms with E-state index in [2.05, 4.69) is 5.32 Å². The molecule has 2 aromatic rings. The van der Waals surface area contributed by atoms with Gasteiger partial charge in [-0.05, 0) is 29.8 Å². The van der Waals surface area contributed by atoms with Crippen molar-refractivity contribution in [3.63, 3.8) is 0 Å². The van der Waals surface area contributed by atoms with Gasteiger partial charge in [0, 0.05) is 31.7 Å². The third-order valence-electron chi connectivity index (χ3n) is 4.04. The number of amides is 1. The minimum atomic E-state index is -3.42. The summed E-state index contributed by atoms with van der Waals surface area (Å²) in [4.78, 5) is 14.6. The molecule has 2 aromatic carbocycles. The van der Waals surface area contributed by atoms with E-state index in [4.69, 9.17) is 0 Å². The molecule has 1 fully saturated rings. The van der Waals surface area contributed by atoms with E-state index in [9.17, 15) is 13.2 Å². The zero-order valence-corrected chi connectivity index (χ0v) is 15.4. The predicted octanol–water partition coefficient (Wildman–Crippen LogP) is 2.13. The summed E-state index contributed by atoms with van der Waals surface area (Å²) in [7, 11) is -3.42. The summed E-state index contributed by atoms with van der Waals surface area (Å²) in [6.07, 6.45) is 0. The summed E-state index contributed by atoms with van der Waals surface area (Å²) in [5, 5.41) is 3.21. The van der Waals surface area contributed by atoms with Crippen molar-refractivity contribution < 1.29 is 13.2 Å². The Bertz CT molecular complexity index is 819. The average molecular weight is 381 g/mol. The summed E-state index contributed by atoms with van der Waals surface area (Å²) in [5.41, 5.74) is 1.16. The van der Waals surface area contributed by atoms with Gasteiger partial charge in [-0.3, -0.25) is 4.79 Å². The third-order valence-corrected chi connectivity index (χ3v) is 5.74. The molecule has 1 aliphatic heterocycles. The number of halogens is 1. The molecule has 0 spiro atoms. The van der Waals surface area contributed by atoms with E-state index >= 15 is 0 Å². The average Bonchev–Trinajstić information content (AvgIpc) is 2.62. The van der Waals surface area contributed by atoms with Crippen molar-refractivity contribution in [2.45, 2.75) is 10.6 Å². The molecule has 0 saturated carbocycles. The number of hydrogen-bond acceptors (Lipinski definition) is 4. The van der Waals surface area contributed by atoms with Crippen LogP contribution >= 0.6 is 12.4 Å². The normalized spacial score (nSPS) is 14.6. The Morgan fingerprint density at radius 1 is 1.00 bits per heavy atom. The number of benzene rings is 2. The number of piperazine rings is 1. The summed E-state index contributed by atoms with van der Waals surface area (Å²) >= 11 is 0. The van der Waals surface area contributed by atoms with Gasteiger partial charge in [0.2, 0.25) is 0 Å². The number of carbonyl (C=O) groups is 1. The Balaban J connectivity index is 0.00000225. The standard InChI is InChI=1S/C18H20N2O3S.ClH/c21-18(20-11-9-19-10-12-20)16-6-4-5-15(13-16)14-24(22,23)17-7-2-1-3-8-17;/h1-8,13,19H,9-12,14H2;1H. The van der Waals surface area contributed by atoms with E-state index in [1.165, 1.54) is 0 Å². The summed E-state index contributed by atoms with van der Waals surface area (Å²) < 4.78 is 25.0. The first-order chi connectivity index (χ1) is 11.6. The second-order valence-electron chi connectivity index (χ2n) is 5.81. The molecule has 1 saturated heterocycles. The van der Waals surface area contributed by atoms with Gasteiger partial charge in [0.15, 0.2) is 9.84 Å². The number of rotatable bonds is 4. The fraction of sp³-hybridized carbons (Fsp3) is 0.278. The van der Waals surface area contributed by atoms with Gasteiger partial charge in [-0.1, -0.05) is 30.3 Å². The lowest BCUT2D eigenvalue weighted by Gasteiger charge is -2.27. The van der Waals surface area contributed by atoms with Crippen LogP contribution in [0.3, 0.4) is 0 Å². The SMILES string of the molecule is Cl.O=C(c1cccc(CS(=O)(=O)c2ccccc2)c1)N1CCNCC1. The van der Waals surface area contributed by atoms with Gasteiger partial charge in [0.25, 0.3) is 5.91 Å². The molecule has 0 atom stereocenters. The zero-order valence-electron chi connectivity index (χ0n) is 13.7. The van der Waals surface area contributed by atoms with E-state index in [0.717, 1.165) is 13.1 Å². The molecule has 0 unspecified atom stereocenters. The van der Waals surface area contributed by atoms with E-state index < -0.39 is 9.84 Å². The van der Waals surface area contributed by atoms with Crippen LogP contribution < -0.4 is 5.32 Å². The number of hydrogen-bond donors (Lipinski definition) is 1. The minimum absolute atomic E-state index is 0. The number of sulfone groups is 1. The molecular formula is C18H21ClN2O3S. The molecule has 7 heteroatoms. The van der Waals surface area contributed by atoms with Crippen molar-refractivity contribution in [2.75, 3.05) is 26.2 Å². The molecule has 1 aliphatic rings. The Labute approximate surface area is 154 Å². The van der Waals surface area contributed by atoms with Crippen molar-refractivity contribution in [2.24, 2.45) is 0 Å². The number of carbonyl (C=O) groups excluding carboxylic acids is 1. The maximum absolute atomic E-state index is 12.5. The van der Waals surface area contributed by atoms with E-state index in [-0.39, 0.29) is 24.1 Å². The summed E-state index contributed by atoms with van der Waals surface area (Å²) in [6.45, 7) is 2.92. The van der Waals surface area contributed by atoms with Crippen molar-refractivity contribution >= 4 is 28.2 Å². The fourth-order valence-corrected chi connectivity index (χ4v) is 4.13. The first kappa shape index (κ1) is 19.4. The van der Waals surface area contributed by atoms with Gasteiger partial charge in [0.1, 0.15) is 0 Å². The molecule has 134 valence electrons. The highest BCUT2D eigenvalue weighted by atomic mass is 35.5. The Hall–Kier alpha value is -1.89. The second-order valence-corrected chi connectivity index (χ2v) is 7.80. The highest BCUT2D eigenvalue weighted by molar-refractivity contribution is 7.90. The van der Waals surface area contributed by atoms with Crippen LogP contribution in [-0.4, -0.2) is 45.4 Å². The highest BCUT2D eigenvalue weighted by Crippen LogP contribution is 2.17. The van der Waals surface area contributed by atoms with Crippen LogP contribution in [0.25, 0.3) is 0 Å². The fourth-order valence-electron chi connectivity index (χ4n) is 2.78. The number of nitrogens with one attached hydrogen (secondary N) is 1. The predicted molar refractivity (Wildman–Crippen MR) is 99.8 cm³/mol. The second kappa shape index (κ2) is 8.47. The zero-order chi connectivity index (χ0) is 17.0. The van der Waals surface area contributed by atoms with Crippen LogP contribution in [0.5, 0.6) is 0 Å². The number of nitrogens with zero attached hydrogens (tertiary/aromatic N) is 1. The molecule has 0 radical (unpaired) electrons. The van der Waals surface area contributed by atoms with Crippen LogP contribution in [0.2, 0.25) is 0 Å². The minimum Gasteiger partial charge on any atom is -0.336 e. The van der Waals surface area contributed by atoms with Gasteiger partial charge in [-0.15, -0.1) is 12.4 Å². The highest BCUT2D eigenvalue weighted by Gasteiger charge is 2.19. The largest absolute Gasteiger partial charge is 0.336 e. The molecule has 1 amide bonds.